The quantitative estimate of drug-likeness (QED) is 0.920. The summed E-state index contributed by atoms with van der Waals surface area (Å²) in [5, 5.41) is 3.08. The number of nitrogens with zero attached hydrogens (tertiary/aromatic N) is 1. The van der Waals surface area contributed by atoms with Crippen LogP contribution in [0.4, 0.5) is 0 Å². The molecule has 0 bridgehead atoms. The predicted molar refractivity (Wildman–Crippen MR) is 84.0 cm³/mol. The first-order valence-corrected chi connectivity index (χ1v) is 9.33. The number of aromatic nitrogens is 1. The Morgan fingerprint density at radius 1 is 1.29 bits per heavy atom. The molecular formula is C15H18N2O2S2. The fourth-order valence-corrected chi connectivity index (χ4v) is 4.13. The zero-order valence-corrected chi connectivity index (χ0v) is 13.7. The molecule has 1 aromatic heterocycles. The summed E-state index contributed by atoms with van der Waals surface area (Å²) in [6.45, 7) is 4.13. The van der Waals surface area contributed by atoms with Gasteiger partial charge in [0.05, 0.1) is 22.1 Å². The highest BCUT2D eigenvalue weighted by atomic mass is 32.2. The van der Waals surface area contributed by atoms with Crippen LogP contribution in [0.2, 0.25) is 0 Å². The number of thiazole rings is 1. The van der Waals surface area contributed by atoms with E-state index in [1.807, 2.05) is 25.3 Å². The minimum atomic E-state index is -3.48. The fraction of sp³-hybridized carbons (Fsp3) is 0.400. The van der Waals surface area contributed by atoms with Crippen molar-refractivity contribution in [1.29, 1.82) is 0 Å². The van der Waals surface area contributed by atoms with E-state index in [9.17, 15) is 8.42 Å². The fourth-order valence-electron chi connectivity index (χ4n) is 2.05. The van der Waals surface area contributed by atoms with E-state index in [0.29, 0.717) is 10.8 Å². The van der Waals surface area contributed by atoms with Crippen molar-refractivity contribution < 1.29 is 8.42 Å². The summed E-state index contributed by atoms with van der Waals surface area (Å²) in [7, 11) is -3.48. The summed E-state index contributed by atoms with van der Waals surface area (Å²) < 4.78 is 27.2. The topological polar surface area (TPSA) is 59.1 Å². The first kappa shape index (κ1) is 14.7. The number of hydrogen-bond donors (Lipinski definition) is 1. The molecule has 0 amide bonds. The van der Waals surface area contributed by atoms with Crippen molar-refractivity contribution in [2.24, 2.45) is 0 Å². The van der Waals surface area contributed by atoms with Gasteiger partial charge in [-0.25, -0.2) is 18.1 Å². The van der Waals surface area contributed by atoms with Gasteiger partial charge in [0, 0.05) is 11.3 Å². The zero-order valence-electron chi connectivity index (χ0n) is 12.1. The Morgan fingerprint density at radius 2 is 2.05 bits per heavy atom. The van der Waals surface area contributed by atoms with Crippen LogP contribution in [0.5, 0.6) is 0 Å². The van der Waals surface area contributed by atoms with Crippen LogP contribution in [0.25, 0.3) is 0 Å². The molecule has 3 rings (SSSR count). The maximum Gasteiger partial charge on any atom is 0.240 e. The highest BCUT2D eigenvalue weighted by molar-refractivity contribution is 7.89. The third kappa shape index (κ3) is 3.33. The van der Waals surface area contributed by atoms with Crippen LogP contribution in [0.1, 0.15) is 40.6 Å². The first-order valence-electron chi connectivity index (χ1n) is 6.97. The van der Waals surface area contributed by atoms with Gasteiger partial charge in [0.25, 0.3) is 0 Å². The van der Waals surface area contributed by atoms with Crippen LogP contribution in [-0.2, 0) is 16.6 Å². The van der Waals surface area contributed by atoms with Gasteiger partial charge in [-0.3, -0.25) is 0 Å². The van der Waals surface area contributed by atoms with Crippen molar-refractivity contribution in [1.82, 2.24) is 9.71 Å². The molecule has 4 nitrogen and oxygen atoms in total. The second-order valence-electron chi connectivity index (χ2n) is 5.52. The molecule has 0 unspecified atom stereocenters. The number of nitrogens with one attached hydrogen (secondary N) is 1. The number of rotatable bonds is 5. The number of benzene rings is 1. The molecule has 1 saturated carbocycles. The Kier molecular flexibility index (Phi) is 3.86. The second-order valence-corrected chi connectivity index (χ2v) is 8.18. The van der Waals surface area contributed by atoms with Gasteiger partial charge in [0.1, 0.15) is 0 Å². The Morgan fingerprint density at radius 3 is 2.71 bits per heavy atom. The van der Waals surface area contributed by atoms with Crippen LogP contribution >= 0.6 is 11.3 Å². The molecule has 112 valence electrons. The van der Waals surface area contributed by atoms with Crippen molar-refractivity contribution in [2.75, 3.05) is 0 Å². The van der Waals surface area contributed by atoms with Gasteiger partial charge in [-0.05, 0) is 49.9 Å². The molecule has 1 heterocycles. The SMILES string of the molecule is Cc1ccc(S(=O)(=O)NCc2csc(C3CC3)n2)cc1C. The molecule has 1 fully saturated rings. The van der Waals surface area contributed by atoms with E-state index in [2.05, 4.69) is 9.71 Å². The average Bonchev–Trinajstić information content (AvgIpc) is 3.19. The largest absolute Gasteiger partial charge is 0.245 e. The van der Waals surface area contributed by atoms with Gasteiger partial charge in [-0.15, -0.1) is 11.3 Å². The van der Waals surface area contributed by atoms with Crippen LogP contribution in [0.3, 0.4) is 0 Å². The van der Waals surface area contributed by atoms with Gasteiger partial charge < -0.3 is 0 Å². The van der Waals surface area contributed by atoms with E-state index in [4.69, 9.17) is 0 Å². The minimum Gasteiger partial charge on any atom is -0.245 e. The smallest absolute Gasteiger partial charge is 0.240 e. The first-order chi connectivity index (χ1) is 9.95. The van der Waals surface area contributed by atoms with Crippen molar-refractivity contribution in [2.45, 2.75) is 44.0 Å². The molecule has 0 saturated heterocycles. The lowest BCUT2D eigenvalue weighted by Crippen LogP contribution is -2.23. The Labute approximate surface area is 129 Å². The highest BCUT2D eigenvalue weighted by Crippen LogP contribution is 2.41. The van der Waals surface area contributed by atoms with Crippen molar-refractivity contribution in [3.05, 3.63) is 45.4 Å². The summed E-state index contributed by atoms with van der Waals surface area (Å²) in [5.41, 5.74) is 2.86. The summed E-state index contributed by atoms with van der Waals surface area (Å²) in [6, 6.07) is 5.17. The van der Waals surface area contributed by atoms with E-state index in [1.165, 1.54) is 12.8 Å². The zero-order chi connectivity index (χ0) is 15.0. The molecule has 0 aliphatic heterocycles. The lowest BCUT2D eigenvalue weighted by Gasteiger charge is -2.07. The van der Waals surface area contributed by atoms with Crippen molar-refractivity contribution >= 4 is 21.4 Å². The summed E-state index contributed by atoms with van der Waals surface area (Å²) in [5.74, 6) is 0.611. The normalized spacial score (nSPS) is 15.3. The van der Waals surface area contributed by atoms with Crippen molar-refractivity contribution in [3.63, 3.8) is 0 Å². The molecule has 6 heteroatoms. The molecule has 21 heavy (non-hydrogen) atoms. The van der Waals surface area contributed by atoms with Gasteiger partial charge in [-0.2, -0.15) is 0 Å². The van der Waals surface area contributed by atoms with Crippen LogP contribution < -0.4 is 4.72 Å². The Hall–Kier alpha value is -1.24. The third-order valence-electron chi connectivity index (χ3n) is 3.73. The molecule has 2 aromatic rings. The van der Waals surface area contributed by atoms with E-state index in [-0.39, 0.29) is 6.54 Å². The molecule has 0 atom stereocenters. The minimum absolute atomic E-state index is 0.248. The van der Waals surface area contributed by atoms with Gasteiger partial charge in [-0.1, -0.05) is 6.07 Å². The van der Waals surface area contributed by atoms with Crippen LogP contribution in [0.15, 0.2) is 28.5 Å². The number of aryl methyl sites for hydroxylation is 2. The second kappa shape index (κ2) is 5.51. The lowest BCUT2D eigenvalue weighted by molar-refractivity contribution is 0.580. The van der Waals surface area contributed by atoms with Gasteiger partial charge in [0.15, 0.2) is 0 Å². The van der Waals surface area contributed by atoms with E-state index >= 15 is 0 Å². The van der Waals surface area contributed by atoms with Crippen LogP contribution in [-0.4, -0.2) is 13.4 Å². The molecular weight excluding hydrogens is 304 g/mol. The molecule has 0 spiro atoms. The monoisotopic (exact) mass is 322 g/mol. The average molecular weight is 322 g/mol. The maximum atomic E-state index is 12.3. The van der Waals surface area contributed by atoms with Gasteiger partial charge in [0.2, 0.25) is 10.0 Å². The van der Waals surface area contributed by atoms with E-state index < -0.39 is 10.0 Å². The lowest BCUT2D eigenvalue weighted by atomic mass is 10.1. The molecule has 1 aliphatic rings. The van der Waals surface area contributed by atoms with E-state index in [1.54, 1.807) is 23.5 Å². The third-order valence-corrected chi connectivity index (χ3v) is 6.18. The molecule has 0 radical (unpaired) electrons. The standard InChI is InChI=1S/C15H18N2O2S2/c1-10-3-6-14(7-11(10)2)21(18,19)16-8-13-9-20-15(17-13)12-4-5-12/h3,6-7,9,12,16H,4-5,8H2,1-2H3. The highest BCUT2D eigenvalue weighted by Gasteiger charge is 2.26. The number of hydrogen-bond acceptors (Lipinski definition) is 4. The van der Waals surface area contributed by atoms with Crippen molar-refractivity contribution in [3.8, 4) is 0 Å². The Balaban J connectivity index is 1.71. The van der Waals surface area contributed by atoms with E-state index in [0.717, 1.165) is 21.8 Å². The molecule has 1 aliphatic carbocycles. The maximum absolute atomic E-state index is 12.3. The van der Waals surface area contributed by atoms with Gasteiger partial charge >= 0.3 is 0 Å². The number of sulfonamides is 1. The molecule has 1 aromatic carbocycles. The molecule has 1 N–H and O–H groups in total. The Bertz CT molecular complexity index is 762. The van der Waals surface area contributed by atoms with Crippen LogP contribution in [0, 0.1) is 13.8 Å². The summed E-state index contributed by atoms with van der Waals surface area (Å²) in [6.07, 6.45) is 2.42. The predicted octanol–water partition coefficient (Wildman–Crippen LogP) is 3.12. The summed E-state index contributed by atoms with van der Waals surface area (Å²) >= 11 is 1.63. The summed E-state index contributed by atoms with van der Waals surface area (Å²) in [4.78, 5) is 4.80.